The van der Waals surface area contributed by atoms with Gasteiger partial charge < -0.3 is 5.21 Å². The Kier molecular flexibility index (Phi) is 1.75. The second-order valence-electron chi connectivity index (χ2n) is 3.46. The summed E-state index contributed by atoms with van der Waals surface area (Å²) in [6, 6.07) is 1.91. The van der Waals surface area contributed by atoms with E-state index in [1.165, 1.54) is 24.0 Å². The number of hydrogen-bond acceptors (Lipinski definition) is 1. The maximum absolute atomic E-state index is 11.3. The first kappa shape index (κ1) is 7.59. The van der Waals surface area contributed by atoms with Gasteiger partial charge in [0.2, 0.25) is 0 Å². The molecule has 1 aliphatic rings. The van der Waals surface area contributed by atoms with Crippen molar-refractivity contribution in [3.05, 3.63) is 34.3 Å². The zero-order valence-corrected chi connectivity index (χ0v) is 7.34. The molecule has 0 saturated heterocycles. The van der Waals surface area contributed by atoms with Crippen LogP contribution >= 0.6 is 0 Å². The largest absolute Gasteiger partial charge is 0.618 e. The molecule has 1 aromatic rings. The van der Waals surface area contributed by atoms with Gasteiger partial charge in [-0.05, 0) is 31.7 Å². The molecule has 0 atom stereocenters. The quantitative estimate of drug-likeness (QED) is 0.420. The third kappa shape index (κ3) is 1.07. The molecule has 0 radical (unpaired) electrons. The molecule has 0 N–H and O–H groups in total. The summed E-state index contributed by atoms with van der Waals surface area (Å²) < 4.78 is 1.03. The number of nitrogens with zero attached hydrogens (tertiary/aromatic N) is 1. The van der Waals surface area contributed by atoms with E-state index in [0.29, 0.717) is 0 Å². The van der Waals surface area contributed by atoms with Crippen molar-refractivity contribution in [3.8, 4) is 0 Å². The molecular formula is C10H13NO. The summed E-state index contributed by atoms with van der Waals surface area (Å²) in [5.74, 6) is 0. The maximum Gasteiger partial charge on any atom is 0.196 e. The Balaban J connectivity index is 2.57. The number of fused-ring (bicyclic) bond motifs is 1. The molecule has 1 aromatic heterocycles. The average molecular weight is 163 g/mol. The van der Waals surface area contributed by atoms with Crippen LogP contribution in [0, 0.1) is 12.1 Å². The molecule has 0 fully saturated rings. The van der Waals surface area contributed by atoms with Gasteiger partial charge in [0.15, 0.2) is 11.9 Å². The summed E-state index contributed by atoms with van der Waals surface area (Å²) in [4.78, 5) is 0. The number of rotatable bonds is 0. The van der Waals surface area contributed by atoms with Crippen LogP contribution in [-0.4, -0.2) is 0 Å². The molecule has 2 nitrogen and oxygen atoms in total. The Morgan fingerprint density at radius 1 is 1.33 bits per heavy atom. The molecule has 0 unspecified atom stereocenters. The molecule has 0 amide bonds. The third-order valence-corrected chi connectivity index (χ3v) is 2.64. The first-order valence-corrected chi connectivity index (χ1v) is 4.49. The van der Waals surface area contributed by atoms with E-state index < -0.39 is 0 Å². The van der Waals surface area contributed by atoms with E-state index in [1.54, 1.807) is 6.20 Å². The molecule has 12 heavy (non-hydrogen) atoms. The van der Waals surface area contributed by atoms with E-state index in [0.717, 1.165) is 23.3 Å². The van der Waals surface area contributed by atoms with Gasteiger partial charge in [0, 0.05) is 18.1 Å². The van der Waals surface area contributed by atoms with Crippen LogP contribution in [0.15, 0.2) is 12.3 Å². The molecular weight excluding hydrogens is 150 g/mol. The van der Waals surface area contributed by atoms with E-state index in [9.17, 15) is 5.21 Å². The maximum atomic E-state index is 11.3. The van der Waals surface area contributed by atoms with Crippen LogP contribution < -0.4 is 4.73 Å². The van der Waals surface area contributed by atoms with Crippen LogP contribution in [0.4, 0.5) is 0 Å². The van der Waals surface area contributed by atoms with Crippen LogP contribution in [0.2, 0.25) is 0 Å². The normalized spacial score (nSPS) is 15.8. The van der Waals surface area contributed by atoms with Crippen LogP contribution in [0.5, 0.6) is 0 Å². The zero-order chi connectivity index (χ0) is 8.55. The minimum atomic E-state index is 0.959. The Labute approximate surface area is 72.4 Å². The highest BCUT2D eigenvalue weighted by atomic mass is 16.5. The van der Waals surface area contributed by atoms with Gasteiger partial charge in [-0.3, -0.25) is 0 Å². The first-order chi connectivity index (χ1) is 5.79. The highest BCUT2D eigenvalue weighted by molar-refractivity contribution is 5.27. The second-order valence-corrected chi connectivity index (χ2v) is 3.46. The van der Waals surface area contributed by atoms with E-state index in [-0.39, 0.29) is 0 Å². The van der Waals surface area contributed by atoms with Gasteiger partial charge in [0.25, 0.3) is 0 Å². The summed E-state index contributed by atoms with van der Waals surface area (Å²) in [5.41, 5.74) is 3.57. The van der Waals surface area contributed by atoms with E-state index in [4.69, 9.17) is 0 Å². The number of pyridine rings is 1. The molecule has 0 spiro atoms. The molecule has 2 rings (SSSR count). The molecule has 1 aliphatic carbocycles. The van der Waals surface area contributed by atoms with Crippen molar-refractivity contribution in [2.24, 2.45) is 0 Å². The van der Waals surface area contributed by atoms with Gasteiger partial charge in [-0.25, -0.2) is 0 Å². The molecule has 64 valence electrons. The van der Waals surface area contributed by atoms with Crippen molar-refractivity contribution >= 4 is 0 Å². The molecule has 1 heterocycles. The fourth-order valence-electron chi connectivity index (χ4n) is 1.93. The summed E-state index contributed by atoms with van der Waals surface area (Å²) in [5, 5.41) is 11.3. The zero-order valence-electron chi connectivity index (χ0n) is 7.34. The number of aromatic nitrogens is 1. The highest BCUT2D eigenvalue weighted by Crippen LogP contribution is 2.20. The van der Waals surface area contributed by atoms with Gasteiger partial charge in [0.05, 0.1) is 0 Å². The fourth-order valence-corrected chi connectivity index (χ4v) is 1.93. The molecule has 0 bridgehead atoms. The number of aryl methyl sites for hydroxylation is 1. The lowest BCUT2D eigenvalue weighted by Gasteiger charge is -2.16. The summed E-state index contributed by atoms with van der Waals surface area (Å²) >= 11 is 0. The van der Waals surface area contributed by atoms with Gasteiger partial charge in [-0.15, -0.1) is 0 Å². The van der Waals surface area contributed by atoms with Crippen LogP contribution in [0.1, 0.15) is 29.7 Å². The van der Waals surface area contributed by atoms with Crippen molar-refractivity contribution in [1.82, 2.24) is 0 Å². The third-order valence-electron chi connectivity index (χ3n) is 2.64. The van der Waals surface area contributed by atoms with Gasteiger partial charge in [-0.1, -0.05) is 0 Å². The van der Waals surface area contributed by atoms with Gasteiger partial charge >= 0.3 is 0 Å². The second kappa shape index (κ2) is 2.77. The van der Waals surface area contributed by atoms with Crippen LogP contribution in [0.3, 0.4) is 0 Å². The lowest BCUT2D eigenvalue weighted by molar-refractivity contribution is -0.615. The lowest BCUT2D eigenvalue weighted by atomic mass is 9.93. The summed E-state index contributed by atoms with van der Waals surface area (Å²) in [6.07, 6.45) is 6.07. The molecule has 0 aliphatic heterocycles. The van der Waals surface area contributed by atoms with Crippen molar-refractivity contribution in [1.29, 1.82) is 0 Å². The van der Waals surface area contributed by atoms with Crippen molar-refractivity contribution < 1.29 is 4.73 Å². The Morgan fingerprint density at radius 2 is 2.08 bits per heavy atom. The van der Waals surface area contributed by atoms with Gasteiger partial charge in [-0.2, -0.15) is 4.73 Å². The SMILES string of the molecule is Cc1cc[n+]([O-])c2c1CCCC2. The van der Waals surface area contributed by atoms with Crippen LogP contribution in [-0.2, 0) is 12.8 Å². The molecule has 2 heteroatoms. The Bertz CT molecular complexity index is 276. The van der Waals surface area contributed by atoms with Crippen molar-refractivity contribution in [2.75, 3.05) is 0 Å². The van der Waals surface area contributed by atoms with Crippen molar-refractivity contribution in [3.63, 3.8) is 0 Å². The van der Waals surface area contributed by atoms with E-state index in [2.05, 4.69) is 6.92 Å². The van der Waals surface area contributed by atoms with Crippen LogP contribution in [0.25, 0.3) is 0 Å². The minimum absolute atomic E-state index is 0.959. The summed E-state index contributed by atoms with van der Waals surface area (Å²) in [6.45, 7) is 2.09. The molecule has 0 aromatic carbocycles. The monoisotopic (exact) mass is 163 g/mol. The predicted octanol–water partition coefficient (Wildman–Crippen LogP) is 1.51. The topological polar surface area (TPSA) is 26.9 Å². The average Bonchev–Trinajstić information content (AvgIpc) is 2.12. The minimum Gasteiger partial charge on any atom is -0.618 e. The fraction of sp³-hybridized carbons (Fsp3) is 0.500. The smallest absolute Gasteiger partial charge is 0.196 e. The lowest BCUT2D eigenvalue weighted by Crippen LogP contribution is -2.34. The predicted molar refractivity (Wildman–Crippen MR) is 46.8 cm³/mol. The standard InChI is InChI=1S/C10H13NO/c1-8-6-7-11(12)10-5-3-2-4-9(8)10/h6-7H,2-5H2,1H3. The molecule has 0 saturated carbocycles. The van der Waals surface area contributed by atoms with E-state index >= 15 is 0 Å². The number of hydrogen-bond donors (Lipinski definition) is 0. The Hall–Kier alpha value is -1.05. The Morgan fingerprint density at radius 3 is 2.83 bits per heavy atom. The first-order valence-electron chi connectivity index (χ1n) is 4.49. The summed E-state index contributed by atoms with van der Waals surface area (Å²) in [7, 11) is 0. The van der Waals surface area contributed by atoms with Crippen molar-refractivity contribution in [2.45, 2.75) is 32.6 Å². The highest BCUT2D eigenvalue weighted by Gasteiger charge is 2.18. The van der Waals surface area contributed by atoms with Gasteiger partial charge in [0.1, 0.15) is 0 Å². The van der Waals surface area contributed by atoms with E-state index in [1.807, 2.05) is 6.07 Å².